The third-order valence-electron chi connectivity index (χ3n) is 6.50. The molecule has 32 heavy (non-hydrogen) atoms. The molecule has 1 fully saturated rings. The van der Waals surface area contributed by atoms with Crippen LogP contribution >= 0.6 is 0 Å². The van der Waals surface area contributed by atoms with E-state index in [2.05, 4.69) is 10.3 Å². The van der Waals surface area contributed by atoms with Crippen LogP contribution in [0.3, 0.4) is 0 Å². The summed E-state index contributed by atoms with van der Waals surface area (Å²) < 4.78 is 79.1. The Morgan fingerprint density at radius 2 is 1.97 bits per heavy atom. The zero-order valence-electron chi connectivity index (χ0n) is 17.6. The number of halogens is 6. The lowest BCUT2D eigenvalue weighted by atomic mass is 9.73. The van der Waals surface area contributed by atoms with Crippen molar-refractivity contribution in [3.8, 4) is 0 Å². The standard InChI is InChI=1S/C21H24F6N4O/c1-3-31(10-20(22,23)24)19(32)28-11-7-13-12-5-4-6-15-17(12)14(8-16(13)30(2)9-11)18(29-15)21(25,26)27/h4-6,11,13,16,29H,3,7-10H2,1-2H3,(H,28,32)/t11-,13+,16+/m0/s1. The number of benzene rings is 1. The molecule has 2 N–H and O–H groups in total. The summed E-state index contributed by atoms with van der Waals surface area (Å²) in [5, 5.41) is 3.26. The fraction of sp³-hybridized carbons (Fsp3) is 0.571. The molecule has 0 unspecified atom stereocenters. The van der Waals surface area contributed by atoms with E-state index >= 15 is 0 Å². The van der Waals surface area contributed by atoms with Crippen molar-refractivity contribution in [1.82, 2.24) is 20.1 Å². The molecule has 2 amide bonds. The molecule has 1 aromatic carbocycles. The maximum atomic E-state index is 13.6. The Bertz CT molecular complexity index is 1010. The van der Waals surface area contributed by atoms with Crippen LogP contribution in [0.5, 0.6) is 0 Å². The van der Waals surface area contributed by atoms with Crippen molar-refractivity contribution >= 4 is 16.9 Å². The Balaban J connectivity index is 1.61. The number of hydrogen-bond acceptors (Lipinski definition) is 2. The lowest BCUT2D eigenvalue weighted by molar-refractivity contribution is -0.141. The number of rotatable bonds is 3. The Morgan fingerprint density at radius 3 is 2.59 bits per heavy atom. The number of piperidine rings is 1. The monoisotopic (exact) mass is 462 g/mol. The first-order chi connectivity index (χ1) is 14.9. The van der Waals surface area contributed by atoms with Gasteiger partial charge in [0, 0.05) is 42.0 Å². The molecule has 2 heterocycles. The Kier molecular flexibility index (Phi) is 5.59. The van der Waals surface area contributed by atoms with Gasteiger partial charge in [0.15, 0.2) is 0 Å². The lowest BCUT2D eigenvalue weighted by Gasteiger charge is -2.46. The van der Waals surface area contributed by atoms with Crippen molar-refractivity contribution in [3.63, 3.8) is 0 Å². The van der Waals surface area contributed by atoms with Crippen LogP contribution in [-0.4, -0.2) is 65.8 Å². The fourth-order valence-electron chi connectivity index (χ4n) is 5.19. The third-order valence-corrected chi connectivity index (χ3v) is 6.50. The van der Waals surface area contributed by atoms with Gasteiger partial charge in [0.25, 0.3) is 0 Å². The quantitative estimate of drug-likeness (QED) is 0.661. The Labute approximate surface area is 180 Å². The largest absolute Gasteiger partial charge is 0.431 e. The summed E-state index contributed by atoms with van der Waals surface area (Å²) in [5.41, 5.74) is 0.711. The van der Waals surface area contributed by atoms with E-state index in [0.717, 1.165) is 5.56 Å². The highest BCUT2D eigenvalue weighted by Crippen LogP contribution is 2.47. The molecule has 176 valence electrons. The predicted molar refractivity (Wildman–Crippen MR) is 106 cm³/mol. The van der Waals surface area contributed by atoms with Crippen LogP contribution in [0.25, 0.3) is 10.9 Å². The first-order valence-electron chi connectivity index (χ1n) is 10.4. The number of alkyl halides is 6. The van der Waals surface area contributed by atoms with E-state index in [4.69, 9.17) is 0 Å². The molecular formula is C21H24F6N4O. The second-order valence-electron chi connectivity index (χ2n) is 8.58. The molecule has 1 aliphatic carbocycles. The van der Waals surface area contributed by atoms with E-state index in [-0.39, 0.29) is 30.5 Å². The fourth-order valence-corrected chi connectivity index (χ4v) is 5.19. The normalized spacial score (nSPS) is 23.8. The number of aromatic nitrogens is 1. The molecule has 4 rings (SSSR count). The van der Waals surface area contributed by atoms with Gasteiger partial charge in [0.2, 0.25) is 0 Å². The van der Waals surface area contributed by atoms with E-state index in [1.165, 1.54) is 6.92 Å². The molecule has 2 aliphatic rings. The molecule has 3 atom stereocenters. The van der Waals surface area contributed by atoms with Crippen LogP contribution in [0.2, 0.25) is 0 Å². The number of amides is 2. The summed E-state index contributed by atoms with van der Waals surface area (Å²) >= 11 is 0. The van der Waals surface area contributed by atoms with Gasteiger partial charge in [-0.2, -0.15) is 26.3 Å². The van der Waals surface area contributed by atoms with Crippen molar-refractivity contribution in [1.29, 1.82) is 0 Å². The van der Waals surface area contributed by atoms with E-state index in [1.54, 1.807) is 25.2 Å². The molecule has 5 nitrogen and oxygen atoms in total. The van der Waals surface area contributed by atoms with Crippen LogP contribution in [0.1, 0.15) is 36.1 Å². The number of carbonyl (C=O) groups excluding carboxylic acids is 1. The van der Waals surface area contributed by atoms with Gasteiger partial charge in [0.1, 0.15) is 12.2 Å². The van der Waals surface area contributed by atoms with E-state index in [9.17, 15) is 31.1 Å². The minimum Gasteiger partial charge on any atom is -0.351 e. The van der Waals surface area contributed by atoms with Crippen molar-refractivity contribution in [2.24, 2.45) is 0 Å². The minimum atomic E-state index is -4.50. The van der Waals surface area contributed by atoms with E-state index in [1.807, 2.05) is 4.90 Å². The molecule has 1 aromatic heterocycles. The maximum Gasteiger partial charge on any atom is 0.431 e. The molecule has 0 radical (unpaired) electrons. The summed E-state index contributed by atoms with van der Waals surface area (Å²) in [6.07, 6.45) is -8.34. The summed E-state index contributed by atoms with van der Waals surface area (Å²) in [6.45, 7) is 0.387. The highest BCUT2D eigenvalue weighted by atomic mass is 19.4. The number of nitrogens with one attached hydrogen (secondary N) is 2. The number of urea groups is 1. The second-order valence-corrected chi connectivity index (χ2v) is 8.58. The third kappa shape index (κ3) is 4.14. The summed E-state index contributed by atoms with van der Waals surface area (Å²) in [5.74, 6) is -0.148. The van der Waals surface area contributed by atoms with Gasteiger partial charge < -0.3 is 20.1 Å². The van der Waals surface area contributed by atoms with Crippen LogP contribution in [0, 0.1) is 0 Å². The van der Waals surface area contributed by atoms with Crippen molar-refractivity contribution in [3.05, 3.63) is 35.0 Å². The number of nitrogens with zero attached hydrogens (tertiary/aromatic N) is 2. The highest BCUT2D eigenvalue weighted by Gasteiger charge is 2.45. The lowest BCUT2D eigenvalue weighted by Crippen LogP contribution is -2.57. The predicted octanol–water partition coefficient (Wildman–Crippen LogP) is 4.49. The van der Waals surface area contributed by atoms with Gasteiger partial charge in [-0.1, -0.05) is 12.1 Å². The zero-order valence-corrected chi connectivity index (χ0v) is 17.6. The molecule has 0 spiro atoms. The van der Waals surface area contributed by atoms with Crippen molar-refractivity contribution in [2.45, 2.75) is 50.1 Å². The van der Waals surface area contributed by atoms with Gasteiger partial charge in [-0.05, 0) is 44.0 Å². The number of likely N-dealkylation sites (N-methyl/N-ethyl adjacent to an activating group) is 1. The SMILES string of the molecule is CCN(CC(F)(F)F)C(=O)N[C@H]1C[C@@H]2c3cccc4[nH]c(C(F)(F)F)c(c34)C[C@H]2N(C)C1. The first-order valence-corrected chi connectivity index (χ1v) is 10.4. The summed E-state index contributed by atoms with van der Waals surface area (Å²) in [4.78, 5) is 17.6. The molecule has 11 heteroatoms. The van der Waals surface area contributed by atoms with Gasteiger partial charge in [-0.25, -0.2) is 4.79 Å². The molecule has 0 saturated carbocycles. The van der Waals surface area contributed by atoms with Crippen LogP contribution in [-0.2, 0) is 12.6 Å². The molecule has 1 aliphatic heterocycles. The average molecular weight is 462 g/mol. The number of likely N-dealkylation sites (tertiary alicyclic amines) is 1. The first kappa shape index (κ1) is 22.8. The molecule has 2 aromatic rings. The van der Waals surface area contributed by atoms with Crippen LogP contribution in [0.15, 0.2) is 18.2 Å². The van der Waals surface area contributed by atoms with E-state index < -0.39 is 36.7 Å². The summed E-state index contributed by atoms with van der Waals surface area (Å²) in [6, 6.07) is 3.70. The smallest absolute Gasteiger partial charge is 0.351 e. The molecular weight excluding hydrogens is 438 g/mol. The molecule has 1 saturated heterocycles. The average Bonchev–Trinajstić information content (AvgIpc) is 3.07. The summed E-state index contributed by atoms with van der Waals surface area (Å²) in [7, 11) is 1.77. The van der Waals surface area contributed by atoms with Crippen molar-refractivity contribution < 1.29 is 31.1 Å². The van der Waals surface area contributed by atoms with Gasteiger partial charge in [-0.15, -0.1) is 0 Å². The van der Waals surface area contributed by atoms with Gasteiger partial charge >= 0.3 is 18.4 Å². The van der Waals surface area contributed by atoms with Gasteiger partial charge in [-0.3, -0.25) is 0 Å². The topological polar surface area (TPSA) is 51.4 Å². The van der Waals surface area contributed by atoms with Gasteiger partial charge in [0.05, 0.1) is 0 Å². The Hall–Kier alpha value is -2.43. The zero-order chi connectivity index (χ0) is 23.4. The molecule has 0 bridgehead atoms. The Morgan fingerprint density at radius 1 is 1.25 bits per heavy atom. The number of H-pyrrole nitrogens is 1. The van der Waals surface area contributed by atoms with Crippen LogP contribution in [0.4, 0.5) is 31.1 Å². The minimum absolute atomic E-state index is 0.0911. The van der Waals surface area contributed by atoms with Crippen LogP contribution < -0.4 is 5.32 Å². The second kappa shape index (κ2) is 7.86. The number of aromatic amines is 1. The number of carbonyl (C=O) groups is 1. The number of fused-ring (bicyclic) bond motifs is 2. The van der Waals surface area contributed by atoms with Crippen molar-refractivity contribution in [2.75, 3.05) is 26.7 Å². The maximum absolute atomic E-state index is 13.6. The number of hydrogen-bond donors (Lipinski definition) is 2. The van der Waals surface area contributed by atoms with E-state index in [0.29, 0.717) is 28.8 Å². The highest BCUT2D eigenvalue weighted by molar-refractivity contribution is 5.90.